The number of carboxylic acids is 1. The van der Waals surface area contributed by atoms with Gasteiger partial charge in [-0.05, 0) is 69.6 Å². The smallest absolute Gasteiger partial charge is 0.335 e. The predicted molar refractivity (Wildman–Crippen MR) is 84.6 cm³/mol. The summed E-state index contributed by atoms with van der Waals surface area (Å²) in [5, 5.41) is 12.2. The molecule has 0 radical (unpaired) electrons. The molecule has 21 heavy (non-hydrogen) atoms. The molecule has 4 nitrogen and oxygen atoms in total. The van der Waals surface area contributed by atoms with Gasteiger partial charge in [0, 0.05) is 6.54 Å². The lowest BCUT2D eigenvalue weighted by Crippen LogP contribution is -2.20. The van der Waals surface area contributed by atoms with Gasteiger partial charge in [-0.15, -0.1) is 0 Å². The van der Waals surface area contributed by atoms with E-state index in [1.54, 1.807) is 12.1 Å². The van der Waals surface area contributed by atoms with Crippen molar-refractivity contribution in [1.29, 1.82) is 0 Å². The number of aromatic carboxylic acids is 1. The molecular formula is C17H26N2O2. The molecule has 0 atom stereocenters. The first-order valence-corrected chi connectivity index (χ1v) is 8.01. The number of rotatable bonds is 9. The van der Waals surface area contributed by atoms with Gasteiger partial charge in [-0.3, -0.25) is 0 Å². The van der Waals surface area contributed by atoms with Crippen LogP contribution in [0.3, 0.4) is 0 Å². The van der Waals surface area contributed by atoms with Crippen molar-refractivity contribution in [3.8, 4) is 0 Å². The lowest BCUT2D eigenvalue weighted by Gasteiger charge is -2.13. The largest absolute Gasteiger partial charge is 0.478 e. The second-order valence-electron chi connectivity index (χ2n) is 5.79. The van der Waals surface area contributed by atoms with Crippen molar-refractivity contribution in [3.63, 3.8) is 0 Å². The molecule has 116 valence electrons. The van der Waals surface area contributed by atoms with Gasteiger partial charge in [-0.1, -0.05) is 18.6 Å². The monoisotopic (exact) mass is 290 g/mol. The standard InChI is InChI=1S/C17H26N2O2/c20-17(21)16-8-6-15(7-9-16)14-18-10-2-1-3-11-19-12-4-5-13-19/h6-9,18H,1-5,10-14H2,(H,20,21). The highest BCUT2D eigenvalue weighted by Gasteiger charge is 2.09. The maximum Gasteiger partial charge on any atom is 0.335 e. The van der Waals surface area contributed by atoms with Crippen LogP contribution in [0.4, 0.5) is 0 Å². The Morgan fingerprint density at radius 2 is 1.81 bits per heavy atom. The lowest BCUT2D eigenvalue weighted by molar-refractivity contribution is 0.0697. The molecule has 1 heterocycles. The van der Waals surface area contributed by atoms with Gasteiger partial charge in [0.25, 0.3) is 0 Å². The molecule has 0 unspecified atom stereocenters. The molecule has 1 fully saturated rings. The Balaban J connectivity index is 1.50. The summed E-state index contributed by atoms with van der Waals surface area (Å²) in [6, 6.07) is 7.08. The quantitative estimate of drug-likeness (QED) is 0.687. The summed E-state index contributed by atoms with van der Waals surface area (Å²) >= 11 is 0. The Morgan fingerprint density at radius 1 is 1.10 bits per heavy atom. The van der Waals surface area contributed by atoms with E-state index in [1.807, 2.05) is 12.1 Å². The summed E-state index contributed by atoms with van der Waals surface area (Å²) in [5.74, 6) is -0.868. The third kappa shape index (κ3) is 5.86. The van der Waals surface area contributed by atoms with Crippen molar-refractivity contribution in [2.24, 2.45) is 0 Å². The van der Waals surface area contributed by atoms with E-state index in [2.05, 4.69) is 10.2 Å². The van der Waals surface area contributed by atoms with E-state index in [1.165, 1.54) is 51.7 Å². The lowest BCUT2D eigenvalue weighted by atomic mass is 10.1. The van der Waals surface area contributed by atoms with Gasteiger partial charge >= 0.3 is 5.97 Å². The zero-order chi connectivity index (χ0) is 14.9. The first-order chi connectivity index (χ1) is 10.3. The fraction of sp³-hybridized carbons (Fsp3) is 0.588. The maximum absolute atomic E-state index is 10.7. The van der Waals surface area contributed by atoms with Crippen molar-refractivity contribution in [2.75, 3.05) is 26.2 Å². The number of carbonyl (C=O) groups is 1. The minimum atomic E-state index is -0.868. The first kappa shape index (κ1) is 16.0. The van der Waals surface area contributed by atoms with E-state index >= 15 is 0 Å². The number of hydrogen-bond donors (Lipinski definition) is 2. The Kier molecular flexibility index (Phi) is 6.70. The second-order valence-corrected chi connectivity index (χ2v) is 5.79. The third-order valence-corrected chi connectivity index (χ3v) is 4.06. The van der Waals surface area contributed by atoms with Gasteiger partial charge in [0.15, 0.2) is 0 Å². The average Bonchev–Trinajstić information content (AvgIpc) is 3.00. The summed E-state index contributed by atoms with van der Waals surface area (Å²) in [7, 11) is 0. The minimum Gasteiger partial charge on any atom is -0.478 e. The number of unbranched alkanes of at least 4 members (excludes halogenated alkanes) is 2. The highest BCUT2D eigenvalue weighted by Crippen LogP contribution is 2.09. The van der Waals surface area contributed by atoms with E-state index in [0.717, 1.165) is 18.7 Å². The Labute approximate surface area is 127 Å². The first-order valence-electron chi connectivity index (χ1n) is 8.01. The summed E-state index contributed by atoms with van der Waals surface area (Å²) < 4.78 is 0. The second kappa shape index (κ2) is 8.80. The van der Waals surface area contributed by atoms with Crippen molar-refractivity contribution < 1.29 is 9.90 Å². The van der Waals surface area contributed by atoms with Crippen LogP contribution in [0.1, 0.15) is 48.0 Å². The molecule has 2 rings (SSSR count). The normalized spacial score (nSPS) is 15.4. The van der Waals surface area contributed by atoms with Gasteiger partial charge in [-0.25, -0.2) is 4.79 Å². The van der Waals surface area contributed by atoms with Crippen LogP contribution in [0, 0.1) is 0 Å². The van der Waals surface area contributed by atoms with Gasteiger partial charge < -0.3 is 15.3 Å². The fourth-order valence-corrected chi connectivity index (χ4v) is 2.77. The van der Waals surface area contributed by atoms with Crippen molar-refractivity contribution in [2.45, 2.75) is 38.6 Å². The summed E-state index contributed by atoms with van der Waals surface area (Å²) in [6.45, 7) is 5.69. The van der Waals surface area contributed by atoms with Crippen molar-refractivity contribution in [3.05, 3.63) is 35.4 Å². The number of hydrogen-bond acceptors (Lipinski definition) is 3. The third-order valence-electron chi connectivity index (χ3n) is 4.06. The molecule has 1 aromatic rings. The van der Waals surface area contributed by atoms with Crippen LogP contribution in [-0.4, -0.2) is 42.2 Å². The molecule has 0 aliphatic carbocycles. The Morgan fingerprint density at radius 3 is 2.48 bits per heavy atom. The maximum atomic E-state index is 10.7. The Hall–Kier alpha value is -1.39. The molecule has 1 aliphatic heterocycles. The molecule has 4 heteroatoms. The van der Waals surface area contributed by atoms with E-state index in [0.29, 0.717) is 5.56 Å². The van der Waals surface area contributed by atoms with Gasteiger partial charge in [-0.2, -0.15) is 0 Å². The van der Waals surface area contributed by atoms with E-state index in [4.69, 9.17) is 5.11 Å². The summed E-state index contributed by atoms with van der Waals surface area (Å²) in [5.41, 5.74) is 1.48. The van der Waals surface area contributed by atoms with Crippen LogP contribution in [-0.2, 0) is 6.54 Å². The van der Waals surface area contributed by atoms with E-state index in [-0.39, 0.29) is 0 Å². The van der Waals surface area contributed by atoms with Gasteiger partial charge in [0.1, 0.15) is 0 Å². The van der Waals surface area contributed by atoms with Crippen LogP contribution in [0.2, 0.25) is 0 Å². The predicted octanol–water partition coefficient (Wildman–Crippen LogP) is 2.74. The van der Waals surface area contributed by atoms with Crippen LogP contribution >= 0.6 is 0 Å². The van der Waals surface area contributed by atoms with Crippen molar-refractivity contribution >= 4 is 5.97 Å². The van der Waals surface area contributed by atoms with Crippen molar-refractivity contribution in [1.82, 2.24) is 10.2 Å². The van der Waals surface area contributed by atoms with Gasteiger partial charge in [0.05, 0.1) is 5.56 Å². The highest BCUT2D eigenvalue weighted by atomic mass is 16.4. The Bertz CT molecular complexity index is 425. The molecule has 0 aromatic heterocycles. The minimum absolute atomic E-state index is 0.348. The number of likely N-dealkylation sites (tertiary alicyclic amines) is 1. The van der Waals surface area contributed by atoms with Crippen LogP contribution < -0.4 is 5.32 Å². The number of nitrogens with one attached hydrogen (secondary N) is 1. The van der Waals surface area contributed by atoms with E-state index in [9.17, 15) is 4.79 Å². The molecule has 0 bridgehead atoms. The molecule has 1 aliphatic rings. The molecule has 2 N–H and O–H groups in total. The summed E-state index contributed by atoms with van der Waals surface area (Å²) in [4.78, 5) is 13.3. The fourth-order valence-electron chi connectivity index (χ4n) is 2.77. The molecular weight excluding hydrogens is 264 g/mol. The number of nitrogens with zero attached hydrogens (tertiary/aromatic N) is 1. The average molecular weight is 290 g/mol. The molecule has 1 aromatic carbocycles. The highest BCUT2D eigenvalue weighted by molar-refractivity contribution is 5.87. The molecule has 1 saturated heterocycles. The van der Waals surface area contributed by atoms with Crippen LogP contribution in [0.5, 0.6) is 0 Å². The molecule has 0 saturated carbocycles. The zero-order valence-electron chi connectivity index (χ0n) is 12.7. The molecule has 0 amide bonds. The van der Waals surface area contributed by atoms with Gasteiger partial charge in [0.2, 0.25) is 0 Å². The SMILES string of the molecule is O=C(O)c1ccc(CNCCCCCN2CCCC2)cc1. The van der Waals surface area contributed by atoms with Crippen LogP contribution in [0.15, 0.2) is 24.3 Å². The van der Waals surface area contributed by atoms with E-state index < -0.39 is 5.97 Å². The molecule has 0 spiro atoms. The zero-order valence-corrected chi connectivity index (χ0v) is 12.7. The van der Waals surface area contributed by atoms with Crippen LogP contribution in [0.25, 0.3) is 0 Å². The topological polar surface area (TPSA) is 52.6 Å². The number of carboxylic acid groups (broad SMARTS) is 1. The number of benzene rings is 1. The summed E-state index contributed by atoms with van der Waals surface area (Å²) in [6.07, 6.45) is 6.54.